The Labute approximate surface area is 167 Å². The molecular weight excluding hydrogens is 380 g/mol. The largest absolute Gasteiger partial charge is 0.497 e. The van der Waals surface area contributed by atoms with E-state index in [0.29, 0.717) is 24.5 Å². The predicted octanol–water partition coefficient (Wildman–Crippen LogP) is 3.33. The van der Waals surface area contributed by atoms with Gasteiger partial charge in [-0.25, -0.2) is 0 Å². The van der Waals surface area contributed by atoms with Crippen molar-refractivity contribution in [2.45, 2.75) is 25.9 Å². The molecular formula is C20H22N2O7. The standard InChI is InChI=1S/C20H22N2O7/c1-14(20(24)21-17-6-3-4-7-18(17)22(25)26)29-19(23)8-5-13-28-16-11-9-15(27-2)10-12-16/h3-4,6-7,9-12,14H,5,8,13H2,1-2H3,(H,21,24)/t14-/m1/s1. The van der Waals surface area contributed by atoms with Crippen molar-refractivity contribution in [1.29, 1.82) is 0 Å². The number of hydrogen-bond donors (Lipinski definition) is 1. The molecule has 0 aliphatic heterocycles. The SMILES string of the molecule is COc1ccc(OCCCC(=O)O[C@H](C)C(=O)Nc2ccccc2[N+](=O)[O-])cc1. The summed E-state index contributed by atoms with van der Waals surface area (Å²) in [4.78, 5) is 34.4. The van der Waals surface area contributed by atoms with Crippen molar-refractivity contribution in [3.05, 3.63) is 58.6 Å². The van der Waals surface area contributed by atoms with Crippen LogP contribution in [-0.4, -0.2) is 36.6 Å². The number of nitrogens with one attached hydrogen (secondary N) is 1. The normalized spacial score (nSPS) is 11.2. The highest BCUT2D eigenvalue weighted by atomic mass is 16.6. The zero-order chi connectivity index (χ0) is 21.2. The number of benzene rings is 2. The Morgan fingerprint density at radius 3 is 2.41 bits per heavy atom. The first-order valence-electron chi connectivity index (χ1n) is 8.91. The monoisotopic (exact) mass is 402 g/mol. The smallest absolute Gasteiger partial charge is 0.306 e. The van der Waals surface area contributed by atoms with Gasteiger partial charge in [0.25, 0.3) is 11.6 Å². The third kappa shape index (κ3) is 6.80. The van der Waals surface area contributed by atoms with Gasteiger partial charge >= 0.3 is 5.97 Å². The minimum atomic E-state index is -1.09. The lowest BCUT2D eigenvalue weighted by atomic mass is 10.2. The minimum Gasteiger partial charge on any atom is -0.497 e. The zero-order valence-electron chi connectivity index (χ0n) is 16.1. The summed E-state index contributed by atoms with van der Waals surface area (Å²) in [5.41, 5.74) is -0.201. The zero-order valence-corrected chi connectivity index (χ0v) is 16.1. The maximum Gasteiger partial charge on any atom is 0.306 e. The van der Waals surface area contributed by atoms with Gasteiger partial charge in [0.15, 0.2) is 6.10 Å². The Morgan fingerprint density at radius 1 is 1.10 bits per heavy atom. The van der Waals surface area contributed by atoms with Gasteiger partial charge in [0.2, 0.25) is 0 Å². The highest BCUT2D eigenvalue weighted by Crippen LogP contribution is 2.23. The second-order valence-electron chi connectivity index (χ2n) is 6.02. The molecule has 154 valence electrons. The lowest BCUT2D eigenvalue weighted by Crippen LogP contribution is -2.30. The van der Waals surface area contributed by atoms with Crippen LogP contribution >= 0.6 is 0 Å². The summed E-state index contributed by atoms with van der Waals surface area (Å²) in [6.45, 7) is 1.70. The number of nitro groups is 1. The molecule has 9 nitrogen and oxygen atoms in total. The lowest BCUT2D eigenvalue weighted by Gasteiger charge is -2.13. The highest BCUT2D eigenvalue weighted by molar-refractivity contribution is 5.96. The number of anilines is 1. The molecule has 1 N–H and O–H groups in total. The Bertz CT molecular complexity index is 852. The Kier molecular flexibility index (Phi) is 7.96. The van der Waals surface area contributed by atoms with E-state index < -0.39 is 22.9 Å². The van der Waals surface area contributed by atoms with Crippen LogP contribution in [0.2, 0.25) is 0 Å². The number of methoxy groups -OCH3 is 1. The molecule has 0 unspecified atom stereocenters. The maximum atomic E-state index is 12.1. The van der Waals surface area contributed by atoms with Gasteiger partial charge in [0, 0.05) is 12.5 Å². The van der Waals surface area contributed by atoms with Crippen LogP contribution in [0.1, 0.15) is 19.8 Å². The number of amides is 1. The molecule has 2 rings (SSSR count). The third-order valence-corrected chi connectivity index (χ3v) is 3.89. The fourth-order valence-corrected chi connectivity index (χ4v) is 2.36. The van der Waals surface area contributed by atoms with Crippen LogP contribution in [0.15, 0.2) is 48.5 Å². The first kappa shape index (κ1) is 21.7. The molecule has 0 aromatic heterocycles. The van der Waals surface area contributed by atoms with Crippen molar-refractivity contribution in [3.63, 3.8) is 0 Å². The number of hydrogen-bond acceptors (Lipinski definition) is 7. The number of nitrogens with zero attached hydrogens (tertiary/aromatic N) is 1. The summed E-state index contributed by atoms with van der Waals surface area (Å²) in [6, 6.07) is 12.8. The fraction of sp³-hybridized carbons (Fsp3) is 0.300. The molecule has 1 atom stereocenters. The van der Waals surface area contributed by atoms with Crippen molar-refractivity contribution >= 4 is 23.3 Å². The summed E-state index contributed by atoms with van der Waals surface area (Å²) in [5.74, 6) is 0.154. The number of para-hydroxylation sites is 2. The number of ether oxygens (including phenoxy) is 3. The summed E-state index contributed by atoms with van der Waals surface area (Å²) in [6.07, 6.45) is -0.618. The van der Waals surface area contributed by atoms with Crippen molar-refractivity contribution < 1.29 is 28.7 Å². The molecule has 0 radical (unpaired) electrons. The van der Waals surface area contributed by atoms with Gasteiger partial charge in [-0.15, -0.1) is 0 Å². The topological polar surface area (TPSA) is 117 Å². The second-order valence-corrected chi connectivity index (χ2v) is 6.02. The molecule has 0 aliphatic rings. The number of nitro benzene ring substituents is 1. The molecule has 0 heterocycles. The van der Waals surface area contributed by atoms with E-state index in [1.807, 2.05) is 0 Å². The number of carbonyl (C=O) groups excluding carboxylic acids is 2. The second kappa shape index (κ2) is 10.6. The average Bonchev–Trinajstić information content (AvgIpc) is 2.71. The van der Waals surface area contributed by atoms with Gasteiger partial charge in [0.1, 0.15) is 17.2 Å². The minimum absolute atomic E-state index is 0.0401. The molecule has 0 spiro atoms. The van der Waals surface area contributed by atoms with Gasteiger partial charge in [-0.2, -0.15) is 0 Å². The molecule has 2 aromatic carbocycles. The van der Waals surface area contributed by atoms with Gasteiger partial charge in [0.05, 0.1) is 18.6 Å². The van der Waals surface area contributed by atoms with Crippen molar-refractivity contribution in [2.75, 3.05) is 19.0 Å². The molecule has 9 heteroatoms. The van der Waals surface area contributed by atoms with Crippen LogP contribution < -0.4 is 14.8 Å². The molecule has 1 amide bonds. The van der Waals surface area contributed by atoms with E-state index in [2.05, 4.69) is 5.32 Å². The molecule has 0 saturated carbocycles. The molecule has 29 heavy (non-hydrogen) atoms. The van der Waals surface area contributed by atoms with E-state index in [1.165, 1.54) is 25.1 Å². The van der Waals surface area contributed by atoms with E-state index in [4.69, 9.17) is 14.2 Å². The third-order valence-electron chi connectivity index (χ3n) is 3.89. The molecule has 2 aromatic rings. The highest BCUT2D eigenvalue weighted by Gasteiger charge is 2.21. The first-order chi connectivity index (χ1) is 13.9. The average molecular weight is 402 g/mol. The first-order valence-corrected chi connectivity index (χ1v) is 8.91. The van der Waals surface area contributed by atoms with Crippen LogP contribution in [0.3, 0.4) is 0 Å². The van der Waals surface area contributed by atoms with Gasteiger partial charge < -0.3 is 19.5 Å². The Balaban J connectivity index is 1.73. The summed E-state index contributed by atoms with van der Waals surface area (Å²) in [5, 5.41) is 13.4. The van der Waals surface area contributed by atoms with E-state index in [0.717, 1.165) is 0 Å². The molecule has 0 bridgehead atoms. The van der Waals surface area contributed by atoms with E-state index in [9.17, 15) is 19.7 Å². The van der Waals surface area contributed by atoms with Gasteiger partial charge in [-0.1, -0.05) is 12.1 Å². The van der Waals surface area contributed by atoms with Gasteiger partial charge in [-0.05, 0) is 43.7 Å². The van der Waals surface area contributed by atoms with E-state index >= 15 is 0 Å². The number of carbonyl (C=O) groups is 2. The van der Waals surface area contributed by atoms with E-state index in [1.54, 1.807) is 37.4 Å². The van der Waals surface area contributed by atoms with Crippen molar-refractivity contribution in [2.24, 2.45) is 0 Å². The Morgan fingerprint density at radius 2 is 1.76 bits per heavy atom. The molecule has 0 aliphatic carbocycles. The number of rotatable bonds is 10. The summed E-state index contributed by atoms with van der Waals surface area (Å²) in [7, 11) is 1.57. The van der Waals surface area contributed by atoms with Crippen LogP contribution in [0.5, 0.6) is 11.5 Å². The fourth-order valence-electron chi connectivity index (χ4n) is 2.36. The van der Waals surface area contributed by atoms with Gasteiger partial charge in [-0.3, -0.25) is 19.7 Å². The van der Waals surface area contributed by atoms with Crippen LogP contribution in [0.4, 0.5) is 11.4 Å². The van der Waals surface area contributed by atoms with Crippen LogP contribution in [0, 0.1) is 10.1 Å². The van der Waals surface area contributed by atoms with E-state index in [-0.39, 0.29) is 17.8 Å². The van der Waals surface area contributed by atoms with Crippen molar-refractivity contribution in [3.8, 4) is 11.5 Å². The Hall–Kier alpha value is -3.62. The van der Waals surface area contributed by atoms with Crippen LogP contribution in [0.25, 0.3) is 0 Å². The van der Waals surface area contributed by atoms with Crippen molar-refractivity contribution in [1.82, 2.24) is 0 Å². The quantitative estimate of drug-likeness (QED) is 0.280. The molecule has 0 fully saturated rings. The predicted molar refractivity (Wildman–Crippen MR) is 105 cm³/mol. The van der Waals surface area contributed by atoms with Crippen LogP contribution in [-0.2, 0) is 14.3 Å². The number of esters is 1. The lowest BCUT2D eigenvalue weighted by molar-refractivity contribution is -0.383. The summed E-state index contributed by atoms with van der Waals surface area (Å²) >= 11 is 0. The molecule has 0 saturated heterocycles. The maximum absolute atomic E-state index is 12.1. The summed E-state index contributed by atoms with van der Waals surface area (Å²) < 4.78 is 15.6.